The second-order valence-electron chi connectivity index (χ2n) is 3.55. The van der Waals surface area contributed by atoms with Crippen LogP contribution in [0, 0.1) is 0 Å². The molecule has 0 radical (unpaired) electrons. The van der Waals surface area contributed by atoms with Gasteiger partial charge in [-0.05, 0) is 13.3 Å². The minimum Gasteiger partial charge on any atom is -0.748 e. The summed E-state index contributed by atoms with van der Waals surface area (Å²) in [5, 5.41) is 0. The molecular formula is C8H16NO4S-. The molecule has 0 aromatic carbocycles. The van der Waals surface area contributed by atoms with E-state index in [2.05, 4.69) is 4.90 Å². The summed E-state index contributed by atoms with van der Waals surface area (Å²) in [6.45, 7) is 4.96. The van der Waals surface area contributed by atoms with Crippen LogP contribution in [0.25, 0.3) is 0 Å². The van der Waals surface area contributed by atoms with Gasteiger partial charge in [-0.3, -0.25) is 4.90 Å². The lowest BCUT2D eigenvalue weighted by atomic mass is 10.2. The molecular weight excluding hydrogens is 206 g/mol. The van der Waals surface area contributed by atoms with Crippen LogP contribution in [0.2, 0.25) is 0 Å². The van der Waals surface area contributed by atoms with Crippen molar-refractivity contribution in [3.8, 4) is 0 Å². The largest absolute Gasteiger partial charge is 0.748 e. The highest BCUT2D eigenvalue weighted by Crippen LogP contribution is 2.07. The van der Waals surface area contributed by atoms with E-state index in [1.54, 1.807) is 0 Å². The van der Waals surface area contributed by atoms with Crippen LogP contribution in [0.3, 0.4) is 0 Å². The van der Waals surface area contributed by atoms with Gasteiger partial charge >= 0.3 is 0 Å². The number of nitrogens with zero attached hydrogens (tertiary/aromatic N) is 1. The van der Waals surface area contributed by atoms with Gasteiger partial charge in [0.1, 0.15) is 0 Å². The Labute approximate surface area is 84.8 Å². The molecule has 1 fully saturated rings. The number of ether oxygens (including phenoxy) is 1. The van der Waals surface area contributed by atoms with Crippen molar-refractivity contribution in [1.82, 2.24) is 4.90 Å². The maximum atomic E-state index is 10.4. The van der Waals surface area contributed by atoms with E-state index in [0.29, 0.717) is 19.6 Å². The molecule has 6 heteroatoms. The van der Waals surface area contributed by atoms with Crippen molar-refractivity contribution in [3.05, 3.63) is 0 Å². The van der Waals surface area contributed by atoms with Crippen LogP contribution in [-0.4, -0.2) is 56.0 Å². The summed E-state index contributed by atoms with van der Waals surface area (Å²) in [6, 6.07) is 0.141. The third kappa shape index (κ3) is 4.36. The second kappa shape index (κ2) is 5.06. The van der Waals surface area contributed by atoms with Crippen LogP contribution >= 0.6 is 0 Å². The molecule has 1 saturated heterocycles. The minimum absolute atomic E-state index is 0.141. The van der Waals surface area contributed by atoms with E-state index in [1.165, 1.54) is 0 Å². The highest BCUT2D eigenvalue weighted by molar-refractivity contribution is 7.85. The summed E-state index contributed by atoms with van der Waals surface area (Å²) < 4.78 is 36.4. The fourth-order valence-corrected chi connectivity index (χ4v) is 2.15. The van der Waals surface area contributed by atoms with E-state index in [1.807, 2.05) is 6.92 Å². The Morgan fingerprint density at radius 1 is 1.43 bits per heavy atom. The first-order chi connectivity index (χ1) is 6.49. The quantitative estimate of drug-likeness (QED) is 0.608. The zero-order valence-electron chi connectivity index (χ0n) is 8.31. The summed E-state index contributed by atoms with van der Waals surface area (Å²) in [6.07, 6.45) is 0.409. The van der Waals surface area contributed by atoms with Crippen molar-refractivity contribution in [2.75, 3.05) is 32.1 Å². The molecule has 1 heterocycles. The molecule has 1 aliphatic rings. The Kier molecular flexibility index (Phi) is 4.31. The van der Waals surface area contributed by atoms with Gasteiger partial charge in [0.25, 0.3) is 0 Å². The lowest BCUT2D eigenvalue weighted by Crippen LogP contribution is -2.42. The van der Waals surface area contributed by atoms with Crippen LogP contribution in [0.4, 0.5) is 0 Å². The van der Waals surface area contributed by atoms with E-state index < -0.39 is 10.1 Å². The van der Waals surface area contributed by atoms with Gasteiger partial charge in [-0.25, -0.2) is 8.42 Å². The Balaban J connectivity index is 2.30. The molecule has 0 amide bonds. The molecule has 0 spiro atoms. The highest BCUT2D eigenvalue weighted by Gasteiger charge is 2.17. The monoisotopic (exact) mass is 222 g/mol. The van der Waals surface area contributed by atoms with E-state index in [-0.39, 0.29) is 11.8 Å². The first kappa shape index (κ1) is 11.9. The molecule has 1 rings (SSSR count). The molecule has 1 unspecified atom stereocenters. The van der Waals surface area contributed by atoms with Crippen LogP contribution in [0.15, 0.2) is 0 Å². The van der Waals surface area contributed by atoms with Gasteiger partial charge in [0.05, 0.1) is 23.3 Å². The van der Waals surface area contributed by atoms with Gasteiger partial charge in [0.2, 0.25) is 0 Å². The van der Waals surface area contributed by atoms with Gasteiger partial charge in [-0.2, -0.15) is 0 Å². The molecule has 1 aliphatic heterocycles. The topological polar surface area (TPSA) is 69.7 Å². The van der Waals surface area contributed by atoms with Crippen molar-refractivity contribution < 1.29 is 17.7 Å². The molecule has 0 aromatic heterocycles. The van der Waals surface area contributed by atoms with Crippen molar-refractivity contribution in [2.24, 2.45) is 0 Å². The zero-order valence-corrected chi connectivity index (χ0v) is 9.12. The van der Waals surface area contributed by atoms with Crippen molar-refractivity contribution >= 4 is 10.1 Å². The van der Waals surface area contributed by atoms with E-state index in [9.17, 15) is 13.0 Å². The van der Waals surface area contributed by atoms with Crippen molar-refractivity contribution in [2.45, 2.75) is 19.4 Å². The van der Waals surface area contributed by atoms with Crippen LogP contribution in [0.5, 0.6) is 0 Å². The Morgan fingerprint density at radius 3 is 2.50 bits per heavy atom. The van der Waals surface area contributed by atoms with Crippen LogP contribution < -0.4 is 0 Å². The van der Waals surface area contributed by atoms with E-state index in [0.717, 1.165) is 13.1 Å². The second-order valence-corrected chi connectivity index (χ2v) is 5.07. The average molecular weight is 222 g/mol. The lowest BCUT2D eigenvalue weighted by Gasteiger charge is -2.32. The first-order valence-corrected chi connectivity index (χ1v) is 6.32. The predicted octanol–water partition coefficient (Wildman–Crippen LogP) is -0.358. The standard InChI is InChI=1S/C8H17NO4S/c1-8(2-7-14(10,11)12)9-3-5-13-6-4-9/h8H,2-7H2,1H3,(H,10,11,12)/p-1. The fraction of sp³-hybridized carbons (Fsp3) is 1.00. The minimum atomic E-state index is -4.07. The summed E-state index contributed by atoms with van der Waals surface area (Å²) in [5.41, 5.74) is 0. The Hall–Kier alpha value is -0.170. The molecule has 0 aliphatic carbocycles. The van der Waals surface area contributed by atoms with Crippen LogP contribution in [-0.2, 0) is 14.9 Å². The van der Waals surface area contributed by atoms with Gasteiger partial charge in [0, 0.05) is 24.9 Å². The molecule has 0 N–H and O–H groups in total. The summed E-state index contributed by atoms with van der Waals surface area (Å²) in [5.74, 6) is -0.272. The number of hydrogen-bond acceptors (Lipinski definition) is 5. The van der Waals surface area contributed by atoms with Gasteiger partial charge in [-0.1, -0.05) is 0 Å². The summed E-state index contributed by atoms with van der Waals surface area (Å²) >= 11 is 0. The zero-order chi connectivity index (χ0) is 10.6. The first-order valence-electron chi connectivity index (χ1n) is 4.74. The Morgan fingerprint density at radius 2 is 2.00 bits per heavy atom. The van der Waals surface area contributed by atoms with E-state index >= 15 is 0 Å². The summed E-state index contributed by atoms with van der Waals surface area (Å²) in [4.78, 5) is 2.15. The van der Waals surface area contributed by atoms with Crippen LogP contribution in [0.1, 0.15) is 13.3 Å². The molecule has 84 valence electrons. The highest BCUT2D eigenvalue weighted by atomic mass is 32.2. The molecule has 0 bridgehead atoms. The maximum absolute atomic E-state index is 10.4. The van der Waals surface area contributed by atoms with Gasteiger partial charge in [-0.15, -0.1) is 0 Å². The SMILES string of the molecule is CC(CCS(=O)(=O)[O-])N1CCOCC1. The average Bonchev–Trinajstić information content (AvgIpc) is 2.14. The third-order valence-corrected chi connectivity index (χ3v) is 3.19. The normalized spacial score (nSPS) is 22.1. The molecule has 1 atom stereocenters. The molecule has 0 aromatic rings. The van der Waals surface area contributed by atoms with Crippen molar-refractivity contribution in [1.29, 1.82) is 0 Å². The molecule has 14 heavy (non-hydrogen) atoms. The smallest absolute Gasteiger partial charge is 0.0946 e. The summed E-state index contributed by atoms with van der Waals surface area (Å²) in [7, 11) is -4.07. The number of rotatable bonds is 4. The van der Waals surface area contributed by atoms with Gasteiger partial charge < -0.3 is 9.29 Å². The third-order valence-electron chi connectivity index (χ3n) is 2.45. The number of morpholine rings is 1. The van der Waals surface area contributed by atoms with Crippen molar-refractivity contribution in [3.63, 3.8) is 0 Å². The predicted molar refractivity (Wildman–Crippen MR) is 51.0 cm³/mol. The molecule has 5 nitrogen and oxygen atoms in total. The molecule has 0 saturated carbocycles. The van der Waals surface area contributed by atoms with E-state index in [4.69, 9.17) is 4.74 Å². The Bertz CT molecular complexity index is 259. The number of hydrogen-bond donors (Lipinski definition) is 0. The fourth-order valence-electron chi connectivity index (χ4n) is 1.52. The lowest BCUT2D eigenvalue weighted by molar-refractivity contribution is 0.0197. The van der Waals surface area contributed by atoms with Gasteiger partial charge in [0.15, 0.2) is 0 Å². The maximum Gasteiger partial charge on any atom is 0.0946 e.